The molecule has 0 saturated carbocycles. The molecule has 2 aromatic rings. The highest BCUT2D eigenvalue weighted by molar-refractivity contribution is 7.10. The first-order chi connectivity index (χ1) is 9.20. The third kappa shape index (κ3) is 2.15. The van der Waals surface area contributed by atoms with Crippen molar-refractivity contribution >= 4 is 23.3 Å². The molecule has 0 aliphatic carbocycles. The summed E-state index contributed by atoms with van der Waals surface area (Å²) in [6.07, 6.45) is 1.88. The molecule has 0 bridgehead atoms. The number of furan rings is 1. The van der Waals surface area contributed by atoms with E-state index in [4.69, 9.17) is 13.9 Å². The number of esters is 2. The molecule has 1 unspecified atom stereocenters. The molecule has 0 aromatic carbocycles. The molecule has 1 saturated heterocycles. The molecule has 19 heavy (non-hydrogen) atoms. The van der Waals surface area contributed by atoms with Gasteiger partial charge in [0.2, 0.25) is 0 Å². The number of hydrogen-bond donors (Lipinski definition) is 0. The minimum atomic E-state index is -0.989. The van der Waals surface area contributed by atoms with Gasteiger partial charge in [-0.3, -0.25) is 0 Å². The van der Waals surface area contributed by atoms with Crippen molar-refractivity contribution < 1.29 is 23.5 Å². The van der Waals surface area contributed by atoms with Crippen LogP contribution in [-0.4, -0.2) is 18.5 Å². The van der Waals surface area contributed by atoms with Gasteiger partial charge in [0.15, 0.2) is 5.60 Å². The van der Waals surface area contributed by atoms with Crippen molar-refractivity contribution in [1.82, 2.24) is 0 Å². The summed E-state index contributed by atoms with van der Waals surface area (Å²) in [7, 11) is 0. The average molecular weight is 278 g/mol. The van der Waals surface area contributed by atoms with E-state index in [2.05, 4.69) is 0 Å². The molecule has 0 radical (unpaired) electrons. The van der Waals surface area contributed by atoms with Gasteiger partial charge in [-0.05, 0) is 23.6 Å². The van der Waals surface area contributed by atoms with Crippen LogP contribution in [0.4, 0.5) is 0 Å². The topological polar surface area (TPSA) is 65.7 Å². The lowest BCUT2D eigenvalue weighted by Crippen LogP contribution is -2.46. The van der Waals surface area contributed by atoms with E-state index in [1.807, 2.05) is 17.5 Å². The Kier molecular flexibility index (Phi) is 2.87. The van der Waals surface area contributed by atoms with Crippen LogP contribution in [0.3, 0.4) is 0 Å². The van der Waals surface area contributed by atoms with Crippen LogP contribution in [0.15, 0.2) is 40.3 Å². The van der Waals surface area contributed by atoms with Gasteiger partial charge in [-0.1, -0.05) is 6.07 Å². The maximum atomic E-state index is 11.5. The summed E-state index contributed by atoms with van der Waals surface area (Å²) >= 11 is 1.44. The SMILES string of the molecule is O=C1OCC(Cc2ccco2)(c2cccs2)OC1=O. The summed E-state index contributed by atoms with van der Waals surface area (Å²) in [6, 6.07) is 7.25. The third-order valence-corrected chi connectivity index (χ3v) is 3.96. The maximum Gasteiger partial charge on any atom is 0.418 e. The van der Waals surface area contributed by atoms with Gasteiger partial charge in [0.25, 0.3) is 0 Å². The lowest BCUT2D eigenvalue weighted by atomic mass is 9.96. The molecule has 5 nitrogen and oxygen atoms in total. The average Bonchev–Trinajstić information content (AvgIpc) is 3.06. The van der Waals surface area contributed by atoms with Crippen molar-refractivity contribution in [1.29, 1.82) is 0 Å². The van der Waals surface area contributed by atoms with Crippen molar-refractivity contribution in [3.63, 3.8) is 0 Å². The van der Waals surface area contributed by atoms with Crippen molar-refractivity contribution in [2.45, 2.75) is 12.0 Å². The standard InChI is InChI=1S/C13H10O5S/c14-11-12(15)18-13(8-17-11,10-4-2-6-19-10)7-9-3-1-5-16-9/h1-6H,7-8H2. The number of hydrogen-bond acceptors (Lipinski definition) is 6. The molecule has 6 heteroatoms. The molecule has 1 aliphatic rings. The second kappa shape index (κ2) is 4.55. The highest BCUT2D eigenvalue weighted by Gasteiger charge is 2.46. The normalized spacial score (nSPS) is 22.9. The highest BCUT2D eigenvalue weighted by atomic mass is 32.1. The van der Waals surface area contributed by atoms with E-state index in [0.29, 0.717) is 12.2 Å². The van der Waals surface area contributed by atoms with E-state index in [1.54, 1.807) is 18.4 Å². The van der Waals surface area contributed by atoms with Gasteiger partial charge in [-0.15, -0.1) is 11.3 Å². The van der Waals surface area contributed by atoms with Gasteiger partial charge < -0.3 is 13.9 Å². The summed E-state index contributed by atoms with van der Waals surface area (Å²) < 4.78 is 15.6. The molecule has 1 atom stereocenters. The summed E-state index contributed by atoms with van der Waals surface area (Å²) in [5, 5.41) is 1.88. The molecule has 0 N–H and O–H groups in total. The van der Waals surface area contributed by atoms with Gasteiger partial charge in [0, 0.05) is 0 Å². The Hall–Kier alpha value is -2.08. The number of rotatable bonds is 3. The smallest absolute Gasteiger partial charge is 0.418 e. The van der Waals surface area contributed by atoms with Crippen LogP contribution in [0.5, 0.6) is 0 Å². The summed E-state index contributed by atoms with van der Waals surface area (Å²) in [6.45, 7) is -0.00120. The molecular formula is C13H10O5S. The van der Waals surface area contributed by atoms with E-state index in [0.717, 1.165) is 4.88 Å². The Balaban J connectivity index is 1.96. The third-order valence-electron chi connectivity index (χ3n) is 2.90. The van der Waals surface area contributed by atoms with Crippen molar-refractivity contribution in [3.8, 4) is 0 Å². The predicted molar refractivity (Wildman–Crippen MR) is 65.5 cm³/mol. The van der Waals surface area contributed by atoms with E-state index in [-0.39, 0.29) is 6.61 Å². The molecular weight excluding hydrogens is 268 g/mol. The lowest BCUT2D eigenvalue weighted by Gasteiger charge is -2.34. The molecule has 1 fully saturated rings. The molecule has 1 aliphatic heterocycles. The number of carbonyl (C=O) groups is 2. The molecule has 2 aromatic heterocycles. The van der Waals surface area contributed by atoms with Crippen LogP contribution >= 0.6 is 11.3 Å². The Morgan fingerprint density at radius 2 is 2.11 bits per heavy atom. The van der Waals surface area contributed by atoms with Crippen LogP contribution in [0.25, 0.3) is 0 Å². The van der Waals surface area contributed by atoms with E-state index >= 15 is 0 Å². The first kappa shape index (κ1) is 12.0. The zero-order valence-electron chi connectivity index (χ0n) is 9.83. The number of thiophene rings is 1. The lowest BCUT2D eigenvalue weighted by molar-refractivity contribution is -0.200. The van der Waals surface area contributed by atoms with Crippen molar-refractivity contribution in [2.75, 3.05) is 6.61 Å². The summed E-state index contributed by atoms with van der Waals surface area (Å²) in [5.41, 5.74) is -0.989. The van der Waals surface area contributed by atoms with Gasteiger partial charge in [0.1, 0.15) is 12.4 Å². The van der Waals surface area contributed by atoms with Crippen molar-refractivity contribution in [2.24, 2.45) is 0 Å². The van der Waals surface area contributed by atoms with Gasteiger partial charge in [0.05, 0.1) is 17.6 Å². The molecule has 0 amide bonds. The highest BCUT2D eigenvalue weighted by Crippen LogP contribution is 2.36. The van der Waals surface area contributed by atoms with Crippen LogP contribution < -0.4 is 0 Å². The fourth-order valence-electron chi connectivity index (χ4n) is 2.02. The van der Waals surface area contributed by atoms with Crippen molar-refractivity contribution in [3.05, 3.63) is 46.5 Å². The van der Waals surface area contributed by atoms with Gasteiger partial charge >= 0.3 is 11.9 Å². The van der Waals surface area contributed by atoms with E-state index in [1.165, 1.54) is 11.3 Å². The number of ether oxygens (including phenoxy) is 2. The zero-order valence-corrected chi connectivity index (χ0v) is 10.6. The fraction of sp³-hybridized carbons (Fsp3) is 0.231. The summed E-state index contributed by atoms with van der Waals surface area (Å²) in [4.78, 5) is 23.5. The minimum absolute atomic E-state index is 0.00120. The van der Waals surface area contributed by atoms with Gasteiger partial charge in [-0.2, -0.15) is 0 Å². The summed E-state index contributed by atoms with van der Waals surface area (Å²) in [5.74, 6) is -1.25. The Morgan fingerprint density at radius 3 is 2.74 bits per heavy atom. The molecule has 0 spiro atoms. The first-order valence-electron chi connectivity index (χ1n) is 5.66. The Labute approximate surface area is 112 Å². The fourth-order valence-corrected chi connectivity index (χ4v) is 2.87. The van der Waals surface area contributed by atoms with E-state index in [9.17, 15) is 9.59 Å². The van der Waals surface area contributed by atoms with Crippen LogP contribution in [0, 0.1) is 0 Å². The molecule has 3 heterocycles. The quantitative estimate of drug-likeness (QED) is 0.633. The van der Waals surface area contributed by atoms with Crippen LogP contribution in [0.1, 0.15) is 10.6 Å². The number of carbonyl (C=O) groups excluding carboxylic acids is 2. The minimum Gasteiger partial charge on any atom is -0.469 e. The first-order valence-corrected chi connectivity index (χ1v) is 6.54. The van der Waals surface area contributed by atoms with Crippen LogP contribution in [-0.2, 0) is 31.1 Å². The monoisotopic (exact) mass is 278 g/mol. The Morgan fingerprint density at radius 1 is 1.21 bits per heavy atom. The van der Waals surface area contributed by atoms with Gasteiger partial charge in [-0.25, -0.2) is 9.59 Å². The zero-order chi connectivity index (χ0) is 13.3. The maximum absolute atomic E-state index is 11.5. The molecule has 98 valence electrons. The second-order valence-electron chi connectivity index (χ2n) is 4.19. The number of cyclic esters (lactones) is 2. The van der Waals surface area contributed by atoms with Crippen LogP contribution in [0.2, 0.25) is 0 Å². The Bertz CT molecular complexity index is 587. The second-order valence-corrected chi connectivity index (χ2v) is 5.14. The largest absolute Gasteiger partial charge is 0.469 e. The predicted octanol–water partition coefficient (Wildman–Crippen LogP) is 1.88. The van der Waals surface area contributed by atoms with E-state index < -0.39 is 17.5 Å². The molecule has 3 rings (SSSR count).